The predicted molar refractivity (Wildman–Crippen MR) is 72.6 cm³/mol. The molecule has 0 spiro atoms. The molecule has 3 heteroatoms. The molecular formula is C15H23NO2. The monoisotopic (exact) mass is 249 g/mol. The lowest BCUT2D eigenvalue weighted by atomic mass is 9.82. The van der Waals surface area contributed by atoms with E-state index in [4.69, 9.17) is 4.74 Å². The van der Waals surface area contributed by atoms with Crippen molar-refractivity contribution in [3.05, 3.63) is 29.8 Å². The first-order valence-electron chi connectivity index (χ1n) is 6.78. The molecule has 100 valence electrons. The van der Waals surface area contributed by atoms with E-state index < -0.39 is 0 Å². The molecule has 0 aromatic heterocycles. The quantitative estimate of drug-likeness (QED) is 0.813. The number of aliphatic hydroxyl groups is 1. The minimum absolute atomic E-state index is 0.0617. The average Bonchev–Trinajstić information content (AvgIpc) is 2.28. The van der Waals surface area contributed by atoms with E-state index in [1.807, 2.05) is 32.0 Å². The van der Waals surface area contributed by atoms with Crippen LogP contribution in [0.4, 0.5) is 0 Å². The number of hydrogen-bond acceptors (Lipinski definition) is 3. The van der Waals surface area contributed by atoms with E-state index in [0.29, 0.717) is 5.92 Å². The number of ether oxygens (including phenoxy) is 1. The van der Waals surface area contributed by atoms with Gasteiger partial charge in [0.1, 0.15) is 5.75 Å². The molecule has 0 atom stereocenters. The minimum atomic E-state index is -0.0617. The zero-order valence-corrected chi connectivity index (χ0v) is 11.2. The van der Waals surface area contributed by atoms with Crippen LogP contribution in [0.1, 0.15) is 32.3 Å². The van der Waals surface area contributed by atoms with Crippen molar-refractivity contribution in [3.8, 4) is 5.75 Å². The maximum Gasteiger partial charge on any atom is 0.124 e. The van der Waals surface area contributed by atoms with Gasteiger partial charge in [-0.2, -0.15) is 0 Å². The highest BCUT2D eigenvalue weighted by Crippen LogP contribution is 2.26. The van der Waals surface area contributed by atoms with Crippen molar-refractivity contribution in [2.75, 3.05) is 6.54 Å². The van der Waals surface area contributed by atoms with E-state index in [9.17, 15) is 5.11 Å². The largest absolute Gasteiger partial charge is 0.491 e. The Morgan fingerprint density at radius 2 is 2.06 bits per heavy atom. The molecular weight excluding hydrogens is 226 g/mol. The van der Waals surface area contributed by atoms with Gasteiger partial charge in [-0.15, -0.1) is 0 Å². The summed E-state index contributed by atoms with van der Waals surface area (Å²) in [6.45, 7) is 5.89. The third-order valence-corrected chi connectivity index (χ3v) is 3.29. The summed E-state index contributed by atoms with van der Waals surface area (Å²) in [4.78, 5) is 0. The fraction of sp³-hybridized carbons (Fsp3) is 0.600. The molecule has 0 unspecified atom stereocenters. The Morgan fingerprint density at radius 1 is 1.33 bits per heavy atom. The molecule has 2 rings (SSSR count). The molecule has 0 radical (unpaired) electrons. The van der Waals surface area contributed by atoms with Crippen LogP contribution in [0.25, 0.3) is 0 Å². The van der Waals surface area contributed by atoms with Crippen molar-refractivity contribution < 1.29 is 9.84 Å². The second-order valence-corrected chi connectivity index (χ2v) is 5.40. The van der Waals surface area contributed by atoms with Crippen LogP contribution in [0.3, 0.4) is 0 Å². The van der Waals surface area contributed by atoms with Crippen LogP contribution in [0, 0.1) is 5.92 Å². The maximum absolute atomic E-state index is 9.23. The van der Waals surface area contributed by atoms with Crippen molar-refractivity contribution >= 4 is 0 Å². The zero-order chi connectivity index (χ0) is 13.0. The number of nitrogens with one attached hydrogen (secondary N) is 1. The second kappa shape index (κ2) is 6.21. The normalized spacial score (nSPS) is 22.9. The lowest BCUT2D eigenvalue weighted by molar-refractivity contribution is 0.0429. The molecule has 2 N–H and O–H groups in total. The van der Waals surface area contributed by atoms with Crippen LogP contribution in [0.5, 0.6) is 5.75 Å². The lowest BCUT2D eigenvalue weighted by Crippen LogP contribution is -2.35. The number of aliphatic hydroxyl groups excluding tert-OH is 1. The number of hydrogen-bond donors (Lipinski definition) is 2. The van der Waals surface area contributed by atoms with Crippen LogP contribution in [-0.2, 0) is 6.54 Å². The number of para-hydroxylation sites is 1. The van der Waals surface area contributed by atoms with E-state index in [-0.39, 0.29) is 12.2 Å². The molecule has 1 aromatic carbocycles. The standard InChI is InChI=1S/C15H23NO2/c1-11(2)18-15-6-4-3-5-13(15)10-16-9-12-7-14(17)8-12/h3-6,11-12,14,16-17H,7-10H2,1-2H3. The first-order chi connectivity index (χ1) is 8.65. The Kier molecular flexibility index (Phi) is 4.61. The van der Waals surface area contributed by atoms with Gasteiger partial charge in [0, 0.05) is 12.1 Å². The van der Waals surface area contributed by atoms with E-state index in [1.165, 1.54) is 5.56 Å². The predicted octanol–water partition coefficient (Wildman–Crippen LogP) is 2.33. The first-order valence-corrected chi connectivity index (χ1v) is 6.78. The van der Waals surface area contributed by atoms with Gasteiger partial charge in [-0.1, -0.05) is 18.2 Å². The molecule has 1 aliphatic rings. The molecule has 0 heterocycles. The third kappa shape index (κ3) is 3.72. The number of benzene rings is 1. The summed E-state index contributed by atoms with van der Waals surface area (Å²) in [5.41, 5.74) is 1.20. The Morgan fingerprint density at radius 3 is 2.72 bits per heavy atom. The van der Waals surface area contributed by atoms with Gasteiger partial charge >= 0.3 is 0 Å². The Hall–Kier alpha value is -1.06. The molecule has 0 amide bonds. The zero-order valence-electron chi connectivity index (χ0n) is 11.2. The van der Waals surface area contributed by atoms with E-state index in [1.54, 1.807) is 0 Å². The van der Waals surface area contributed by atoms with E-state index in [2.05, 4.69) is 11.4 Å². The van der Waals surface area contributed by atoms with Crippen molar-refractivity contribution in [2.45, 2.75) is 45.4 Å². The molecule has 0 bridgehead atoms. The van der Waals surface area contributed by atoms with Crippen molar-refractivity contribution in [1.82, 2.24) is 5.32 Å². The van der Waals surface area contributed by atoms with Gasteiger partial charge < -0.3 is 15.2 Å². The first kappa shape index (κ1) is 13.4. The average molecular weight is 249 g/mol. The third-order valence-electron chi connectivity index (χ3n) is 3.29. The van der Waals surface area contributed by atoms with Crippen LogP contribution in [-0.4, -0.2) is 23.9 Å². The maximum atomic E-state index is 9.23. The van der Waals surface area contributed by atoms with Crippen LogP contribution in [0.2, 0.25) is 0 Å². The van der Waals surface area contributed by atoms with E-state index >= 15 is 0 Å². The molecule has 3 nitrogen and oxygen atoms in total. The molecule has 0 aliphatic heterocycles. The van der Waals surface area contributed by atoms with Gasteiger partial charge in [0.05, 0.1) is 12.2 Å². The van der Waals surface area contributed by atoms with Gasteiger partial charge in [0.15, 0.2) is 0 Å². The van der Waals surface area contributed by atoms with Gasteiger partial charge in [-0.05, 0) is 45.2 Å². The van der Waals surface area contributed by atoms with Gasteiger partial charge in [-0.3, -0.25) is 0 Å². The SMILES string of the molecule is CC(C)Oc1ccccc1CNCC1CC(O)C1. The lowest BCUT2D eigenvalue weighted by Gasteiger charge is -2.31. The Bertz CT molecular complexity index is 373. The Labute approximate surface area is 109 Å². The summed E-state index contributed by atoms with van der Waals surface area (Å²) < 4.78 is 5.78. The summed E-state index contributed by atoms with van der Waals surface area (Å²) in [5, 5.41) is 12.7. The second-order valence-electron chi connectivity index (χ2n) is 5.40. The summed E-state index contributed by atoms with van der Waals surface area (Å²) in [6.07, 6.45) is 2.02. The van der Waals surface area contributed by atoms with Crippen molar-refractivity contribution in [1.29, 1.82) is 0 Å². The fourth-order valence-electron chi connectivity index (χ4n) is 2.30. The molecule has 18 heavy (non-hydrogen) atoms. The van der Waals surface area contributed by atoms with Crippen LogP contribution in [0.15, 0.2) is 24.3 Å². The molecule has 1 fully saturated rings. The van der Waals surface area contributed by atoms with Crippen LogP contribution < -0.4 is 10.1 Å². The highest BCUT2D eigenvalue weighted by Gasteiger charge is 2.26. The fourth-order valence-corrected chi connectivity index (χ4v) is 2.30. The van der Waals surface area contributed by atoms with Gasteiger partial charge in [0.25, 0.3) is 0 Å². The topological polar surface area (TPSA) is 41.5 Å². The summed E-state index contributed by atoms with van der Waals surface area (Å²) >= 11 is 0. The summed E-state index contributed by atoms with van der Waals surface area (Å²) in [5.74, 6) is 1.60. The summed E-state index contributed by atoms with van der Waals surface area (Å²) in [7, 11) is 0. The van der Waals surface area contributed by atoms with Crippen molar-refractivity contribution in [3.63, 3.8) is 0 Å². The summed E-state index contributed by atoms with van der Waals surface area (Å²) in [6, 6.07) is 8.16. The van der Waals surface area contributed by atoms with Crippen LogP contribution >= 0.6 is 0 Å². The Balaban J connectivity index is 1.80. The van der Waals surface area contributed by atoms with E-state index in [0.717, 1.165) is 31.7 Å². The molecule has 1 saturated carbocycles. The van der Waals surface area contributed by atoms with Gasteiger partial charge in [0.2, 0.25) is 0 Å². The minimum Gasteiger partial charge on any atom is -0.491 e. The smallest absolute Gasteiger partial charge is 0.124 e. The highest BCUT2D eigenvalue weighted by molar-refractivity contribution is 5.33. The highest BCUT2D eigenvalue weighted by atomic mass is 16.5. The molecule has 1 aromatic rings. The number of rotatable bonds is 6. The molecule has 1 aliphatic carbocycles. The van der Waals surface area contributed by atoms with Crippen molar-refractivity contribution in [2.24, 2.45) is 5.92 Å². The van der Waals surface area contributed by atoms with Gasteiger partial charge in [-0.25, -0.2) is 0 Å². The molecule has 0 saturated heterocycles.